The molecule has 0 aromatic heterocycles. The molecule has 64 valence electrons. The van der Waals surface area contributed by atoms with Gasteiger partial charge in [-0.3, -0.25) is 0 Å². The Balaban J connectivity index is 2.33. The van der Waals surface area contributed by atoms with Gasteiger partial charge in [0.15, 0.2) is 0 Å². The molecule has 0 spiro atoms. The minimum atomic E-state index is 0.0320. The zero-order chi connectivity index (χ0) is 8.60. The first kappa shape index (κ1) is 8.35. The van der Waals surface area contributed by atoms with Gasteiger partial charge in [-0.2, -0.15) is 0 Å². The van der Waals surface area contributed by atoms with Crippen LogP contribution >= 0.6 is 22.6 Å². The summed E-state index contributed by atoms with van der Waals surface area (Å²) in [4.78, 5) is 0. The number of para-hydroxylation sites is 1. The third kappa shape index (κ3) is 1.32. The van der Waals surface area contributed by atoms with Crippen LogP contribution in [0.1, 0.15) is 12.5 Å². The number of alkyl halides is 1. The summed E-state index contributed by atoms with van der Waals surface area (Å²) >= 11 is 2.38. The Morgan fingerprint density at radius 3 is 2.92 bits per heavy atom. The molecule has 0 fully saturated rings. The Hall–Kier alpha value is -0.250. The number of halogens is 1. The molecule has 2 heteroatoms. The molecule has 1 heterocycles. The molecule has 0 aliphatic carbocycles. The Kier molecular flexibility index (Phi) is 2.02. The minimum Gasteiger partial charge on any atom is -0.486 e. The number of ether oxygens (including phenoxy) is 1. The van der Waals surface area contributed by atoms with Crippen LogP contribution in [0.5, 0.6) is 5.75 Å². The molecule has 0 saturated carbocycles. The Bertz CT molecular complexity index is 271. The maximum atomic E-state index is 5.84. The van der Waals surface area contributed by atoms with Gasteiger partial charge in [0, 0.05) is 10.8 Å². The van der Waals surface area contributed by atoms with Crippen LogP contribution in [0, 0.1) is 0 Å². The van der Waals surface area contributed by atoms with Gasteiger partial charge in [-0.25, -0.2) is 0 Å². The van der Waals surface area contributed by atoms with E-state index in [1.807, 2.05) is 12.1 Å². The highest BCUT2D eigenvalue weighted by Crippen LogP contribution is 2.35. The molecule has 0 saturated heterocycles. The lowest BCUT2D eigenvalue weighted by molar-refractivity contribution is 0.147. The third-order valence-electron chi connectivity index (χ3n) is 2.18. The molecule has 0 bridgehead atoms. The average molecular weight is 274 g/mol. The van der Waals surface area contributed by atoms with E-state index in [0.717, 1.165) is 16.6 Å². The highest BCUT2D eigenvalue weighted by molar-refractivity contribution is 14.1. The summed E-state index contributed by atoms with van der Waals surface area (Å²) in [5, 5.41) is 0. The third-order valence-corrected chi connectivity index (χ3v) is 3.79. The normalized spacial score (nSPS) is 26.5. The summed E-state index contributed by atoms with van der Waals surface area (Å²) in [5.74, 6) is 1.07. The molecule has 1 aromatic carbocycles. The number of hydrogen-bond acceptors (Lipinski definition) is 1. The monoisotopic (exact) mass is 274 g/mol. The second-order valence-corrected chi connectivity index (χ2v) is 4.23. The van der Waals surface area contributed by atoms with Crippen molar-refractivity contribution >= 4 is 22.6 Å². The fourth-order valence-corrected chi connectivity index (χ4v) is 1.95. The zero-order valence-electron chi connectivity index (χ0n) is 7.01. The lowest BCUT2D eigenvalue weighted by atomic mass is 10.0. The Labute approximate surface area is 86.3 Å². The lowest BCUT2D eigenvalue weighted by Gasteiger charge is -2.20. The molecule has 0 radical (unpaired) electrons. The van der Waals surface area contributed by atoms with Crippen LogP contribution in [-0.2, 0) is 6.42 Å². The van der Waals surface area contributed by atoms with Gasteiger partial charge in [0.1, 0.15) is 11.4 Å². The van der Waals surface area contributed by atoms with Crippen molar-refractivity contribution in [2.45, 2.75) is 18.9 Å². The molecule has 0 N–H and O–H groups in total. The van der Waals surface area contributed by atoms with E-state index in [1.165, 1.54) is 5.56 Å². The van der Waals surface area contributed by atoms with Crippen molar-refractivity contribution in [1.29, 1.82) is 0 Å². The molecular weight excluding hydrogens is 263 g/mol. The molecule has 2 rings (SSSR count). The topological polar surface area (TPSA) is 9.23 Å². The summed E-state index contributed by atoms with van der Waals surface area (Å²) in [6, 6.07) is 8.29. The quantitative estimate of drug-likeness (QED) is 0.565. The second-order valence-electron chi connectivity index (χ2n) is 3.47. The molecule has 1 aromatic rings. The molecule has 1 aliphatic rings. The fraction of sp³-hybridized carbons (Fsp3) is 0.400. The summed E-state index contributed by atoms with van der Waals surface area (Å²) in [6.45, 7) is 2.17. The molecular formula is C10H11IO. The summed E-state index contributed by atoms with van der Waals surface area (Å²) in [6.07, 6.45) is 1.05. The van der Waals surface area contributed by atoms with Crippen molar-refractivity contribution in [3.05, 3.63) is 29.8 Å². The maximum absolute atomic E-state index is 5.84. The van der Waals surface area contributed by atoms with Crippen LogP contribution in [0.15, 0.2) is 24.3 Å². The summed E-state index contributed by atoms with van der Waals surface area (Å²) in [5.41, 5.74) is 1.38. The summed E-state index contributed by atoms with van der Waals surface area (Å²) < 4.78 is 6.88. The molecule has 1 nitrogen and oxygen atoms in total. The van der Waals surface area contributed by atoms with E-state index in [4.69, 9.17) is 4.74 Å². The van der Waals surface area contributed by atoms with Crippen molar-refractivity contribution in [1.82, 2.24) is 0 Å². The van der Waals surface area contributed by atoms with E-state index in [9.17, 15) is 0 Å². The van der Waals surface area contributed by atoms with E-state index in [-0.39, 0.29) is 5.60 Å². The van der Waals surface area contributed by atoms with Crippen LogP contribution in [0.4, 0.5) is 0 Å². The van der Waals surface area contributed by atoms with Crippen molar-refractivity contribution in [3.63, 3.8) is 0 Å². The van der Waals surface area contributed by atoms with Gasteiger partial charge in [-0.15, -0.1) is 0 Å². The van der Waals surface area contributed by atoms with Gasteiger partial charge >= 0.3 is 0 Å². The molecule has 1 aliphatic heterocycles. The van der Waals surface area contributed by atoms with E-state index in [2.05, 4.69) is 41.6 Å². The first-order chi connectivity index (χ1) is 5.73. The predicted octanol–water partition coefficient (Wildman–Crippen LogP) is 2.82. The predicted molar refractivity (Wildman–Crippen MR) is 58.1 cm³/mol. The standard InChI is InChI=1S/C10H11IO/c1-10(7-11)6-8-4-2-3-5-9(8)12-10/h2-5H,6-7H2,1H3. The van der Waals surface area contributed by atoms with Gasteiger partial charge in [-0.1, -0.05) is 40.8 Å². The molecule has 0 amide bonds. The van der Waals surface area contributed by atoms with Gasteiger partial charge in [0.05, 0.1) is 0 Å². The number of benzene rings is 1. The van der Waals surface area contributed by atoms with Gasteiger partial charge in [0.2, 0.25) is 0 Å². The van der Waals surface area contributed by atoms with Crippen LogP contribution in [0.2, 0.25) is 0 Å². The largest absolute Gasteiger partial charge is 0.486 e. The van der Waals surface area contributed by atoms with Crippen LogP contribution in [-0.4, -0.2) is 10.0 Å². The lowest BCUT2D eigenvalue weighted by Crippen LogP contribution is -2.31. The smallest absolute Gasteiger partial charge is 0.123 e. The van der Waals surface area contributed by atoms with E-state index in [0.29, 0.717) is 0 Å². The zero-order valence-corrected chi connectivity index (χ0v) is 9.17. The van der Waals surface area contributed by atoms with Crippen molar-refractivity contribution in [2.24, 2.45) is 0 Å². The van der Waals surface area contributed by atoms with E-state index >= 15 is 0 Å². The SMILES string of the molecule is CC1(CI)Cc2ccccc2O1. The van der Waals surface area contributed by atoms with Crippen molar-refractivity contribution in [3.8, 4) is 5.75 Å². The fourth-order valence-electron chi connectivity index (χ4n) is 1.53. The highest BCUT2D eigenvalue weighted by Gasteiger charge is 2.33. The van der Waals surface area contributed by atoms with Crippen LogP contribution < -0.4 is 4.74 Å². The minimum absolute atomic E-state index is 0.0320. The Morgan fingerprint density at radius 1 is 1.50 bits per heavy atom. The number of hydrogen-bond donors (Lipinski definition) is 0. The number of fused-ring (bicyclic) bond motifs is 1. The Morgan fingerprint density at radius 2 is 2.25 bits per heavy atom. The second kappa shape index (κ2) is 2.91. The van der Waals surface area contributed by atoms with Crippen LogP contribution in [0.25, 0.3) is 0 Å². The van der Waals surface area contributed by atoms with Crippen molar-refractivity contribution in [2.75, 3.05) is 4.43 Å². The molecule has 1 unspecified atom stereocenters. The first-order valence-electron chi connectivity index (χ1n) is 4.06. The van der Waals surface area contributed by atoms with Gasteiger partial charge < -0.3 is 4.74 Å². The maximum Gasteiger partial charge on any atom is 0.123 e. The van der Waals surface area contributed by atoms with E-state index in [1.54, 1.807) is 0 Å². The molecule has 1 atom stereocenters. The number of rotatable bonds is 1. The average Bonchev–Trinajstić information content (AvgIpc) is 2.42. The molecule has 12 heavy (non-hydrogen) atoms. The van der Waals surface area contributed by atoms with Gasteiger partial charge in [-0.05, 0) is 18.6 Å². The van der Waals surface area contributed by atoms with Crippen LogP contribution in [0.3, 0.4) is 0 Å². The summed E-state index contributed by atoms with van der Waals surface area (Å²) in [7, 11) is 0. The van der Waals surface area contributed by atoms with Gasteiger partial charge in [0.25, 0.3) is 0 Å². The first-order valence-corrected chi connectivity index (χ1v) is 5.59. The van der Waals surface area contributed by atoms with E-state index < -0.39 is 0 Å². The highest BCUT2D eigenvalue weighted by atomic mass is 127. The van der Waals surface area contributed by atoms with Crippen molar-refractivity contribution < 1.29 is 4.74 Å².